The van der Waals surface area contributed by atoms with Crippen LogP contribution in [-0.2, 0) is 15.1 Å². The molecule has 0 atom stereocenters. The molecule has 2 aromatic heterocycles. The first-order valence-electron chi connectivity index (χ1n) is 11.5. The van der Waals surface area contributed by atoms with Crippen molar-refractivity contribution in [1.82, 2.24) is 20.2 Å². The molecule has 0 saturated heterocycles. The van der Waals surface area contributed by atoms with Crippen LogP contribution in [-0.4, -0.2) is 80.0 Å². The number of rotatable bonds is 9. The van der Waals surface area contributed by atoms with Crippen molar-refractivity contribution in [3.8, 4) is 6.07 Å². The lowest BCUT2D eigenvalue weighted by Gasteiger charge is -2.57. The van der Waals surface area contributed by atoms with Gasteiger partial charge in [-0.05, 0) is 33.0 Å². The molecule has 1 fully saturated rings. The zero-order valence-electron chi connectivity index (χ0n) is 20.4. The number of carbonyl (C=O) groups excluding carboxylic acids is 3. The fourth-order valence-corrected chi connectivity index (χ4v) is 4.65. The number of amides is 3. The third kappa shape index (κ3) is 4.84. The SMILES string of the molecule is COCCNc1cc(NC(=O)N2c3nc(C=O)ccc3C3(NC(=O)CN(C)C)CC2C3)ncc1C#N. The molecule has 3 aliphatic rings. The predicted octanol–water partition coefficient (Wildman–Crippen LogP) is 1.31. The van der Waals surface area contributed by atoms with E-state index in [2.05, 4.69) is 32.0 Å². The number of nitrogens with one attached hydrogen (secondary N) is 3. The topological polar surface area (TPSA) is 153 Å². The molecule has 2 aliphatic heterocycles. The quantitative estimate of drug-likeness (QED) is 0.347. The molecule has 5 rings (SSSR count). The Morgan fingerprint density at radius 1 is 1.36 bits per heavy atom. The Hall–Kier alpha value is -4.08. The molecule has 0 spiro atoms. The molecule has 4 heterocycles. The van der Waals surface area contributed by atoms with Crippen LogP contribution >= 0.6 is 0 Å². The minimum Gasteiger partial charge on any atom is -0.383 e. The standard InChI is InChI=1S/C24H28N8O4/c1-31(2)13-21(34)30-24-9-17(10-24)32(22-18(24)5-4-16(14-33)28-22)23(35)29-20-8-19(26-6-7-36-3)15(11-25)12-27-20/h4-5,8,12,14,17H,6-7,9-10,13H2,1-3H3,(H,30,34)(H2,26,27,29,35). The molecular weight excluding hydrogens is 464 g/mol. The van der Waals surface area contributed by atoms with Gasteiger partial charge in [0, 0.05) is 37.5 Å². The van der Waals surface area contributed by atoms with Gasteiger partial charge >= 0.3 is 6.03 Å². The number of likely N-dealkylation sites (N-methyl/N-ethyl adjacent to an activating group) is 1. The number of nitrogens with zero attached hydrogens (tertiary/aromatic N) is 5. The molecule has 0 unspecified atom stereocenters. The lowest BCUT2D eigenvalue weighted by Crippen LogP contribution is -2.67. The summed E-state index contributed by atoms with van der Waals surface area (Å²) in [4.78, 5) is 49.3. The maximum absolute atomic E-state index is 13.4. The molecule has 1 aliphatic carbocycles. The van der Waals surface area contributed by atoms with Gasteiger partial charge in [-0.15, -0.1) is 0 Å². The molecule has 188 valence electrons. The minimum absolute atomic E-state index is 0.128. The van der Waals surface area contributed by atoms with Gasteiger partial charge in [0.25, 0.3) is 0 Å². The van der Waals surface area contributed by atoms with Gasteiger partial charge in [-0.1, -0.05) is 6.07 Å². The van der Waals surface area contributed by atoms with Crippen molar-refractivity contribution in [3.63, 3.8) is 0 Å². The average Bonchev–Trinajstić information content (AvgIpc) is 2.82. The van der Waals surface area contributed by atoms with Crippen LogP contribution < -0.4 is 20.9 Å². The van der Waals surface area contributed by atoms with Crippen LogP contribution in [0.15, 0.2) is 24.4 Å². The Kier molecular flexibility index (Phi) is 7.14. The Bertz CT molecular complexity index is 1220. The van der Waals surface area contributed by atoms with Gasteiger partial charge in [-0.3, -0.25) is 19.8 Å². The number of ether oxygens (including phenoxy) is 1. The molecule has 3 amide bonds. The highest BCUT2D eigenvalue weighted by atomic mass is 16.5. The van der Waals surface area contributed by atoms with Crippen molar-refractivity contribution in [2.45, 2.75) is 24.4 Å². The van der Waals surface area contributed by atoms with Gasteiger partial charge < -0.3 is 20.3 Å². The summed E-state index contributed by atoms with van der Waals surface area (Å²) in [6, 6.07) is 6.29. The molecule has 1 saturated carbocycles. The van der Waals surface area contributed by atoms with E-state index < -0.39 is 11.6 Å². The van der Waals surface area contributed by atoms with Crippen LogP contribution in [0.3, 0.4) is 0 Å². The molecular formula is C24H28N8O4. The van der Waals surface area contributed by atoms with Crippen molar-refractivity contribution in [2.75, 3.05) is 56.4 Å². The third-order valence-electron chi connectivity index (χ3n) is 6.23. The Morgan fingerprint density at radius 2 is 2.14 bits per heavy atom. The van der Waals surface area contributed by atoms with Gasteiger partial charge in [-0.2, -0.15) is 5.26 Å². The fourth-order valence-electron chi connectivity index (χ4n) is 4.65. The summed E-state index contributed by atoms with van der Waals surface area (Å²) in [5.74, 6) is 0.455. The maximum Gasteiger partial charge on any atom is 0.328 e. The molecule has 12 nitrogen and oxygen atoms in total. The van der Waals surface area contributed by atoms with E-state index >= 15 is 0 Å². The van der Waals surface area contributed by atoms with E-state index in [1.165, 1.54) is 11.1 Å². The maximum atomic E-state index is 13.4. The zero-order valence-corrected chi connectivity index (χ0v) is 20.4. The lowest BCUT2D eigenvalue weighted by molar-refractivity contribution is -0.125. The number of nitriles is 1. The monoisotopic (exact) mass is 492 g/mol. The van der Waals surface area contributed by atoms with E-state index in [1.807, 2.05) is 14.1 Å². The number of urea groups is 1. The number of aldehydes is 1. The zero-order chi connectivity index (χ0) is 25.9. The third-order valence-corrected chi connectivity index (χ3v) is 6.23. The molecule has 2 aromatic rings. The highest BCUT2D eigenvalue weighted by Crippen LogP contribution is 2.53. The first kappa shape index (κ1) is 25.0. The van der Waals surface area contributed by atoms with Crippen LogP contribution in [0.2, 0.25) is 0 Å². The Morgan fingerprint density at radius 3 is 2.81 bits per heavy atom. The number of methoxy groups -OCH3 is 1. The first-order chi connectivity index (χ1) is 17.3. The van der Waals surface area contributed by atoms with Crippen LogP contribution in [0, 0.1) is 11.3 Å². The van der Waals surface area contributed by atoms with Crippen LogP contribution in [0.25, 0.3) is 0 Å². The summed E-state index contributed by atoms with van der Waals surface area (Å²) >= 11 is 0. The summed E-state index contributed by atoms with van der Waals surface area (Å²) in [5.41, 5.74) is 1.09. The summed E-state index contributed by atoms with van der Waals surface area (Å²) in [7, 11) is 5.21. The minimum atomic E-state index is -0.635. The molecule has 12 heteroatoms. The number of hydrogen-bond donors (Lipinski definition) is 3. The van der Waals surface area contributed by atoms with E-state index in [-0.39, 0.29) is 30.0 Å². The number of hydrogen-bond acceptors (Lipinski definition) is 9. The highest BCUT2D eigenvalue weighted by molar-refractivity contribution is 6.03. The number of pyridine rings is 2. The van der Waals surface area contributed by atoms with Crippen molar-refractivity contribution in [1.29, 1.82) is 5.26 Å². The molecule has 2 bridgehead atoms. The van der Waals surface area contributed by atoms with Gasteiger partial charge in [0.1, 0.15) is 23.4 Å². The second-order valence-corrected chi connectivity index (χ2v) is 9.10. The first-order valence-corrected chi connectivity index (χ1v) is 11.5. The van der Waals surface area contributed by atoms with Gasteiger partial charge in [0.2, 0.25) is 5.91 Å². The fraction of sp³-hybridized carbons (Fsp3) is 0.417. The molecule has 0 aromatic carbocycles. The summed E-state index contributed by atoms with van der Waals surface area (Å²) in [6.07, 6.45) is 3.05. The average molecular weight is 493 g/mol. The number of aromatic nitrogens is 2. The van der Waals surface area contributed by atoms with Crippen molar-refractivity contribution in [2.24, 2.45) is 0 Å². The van der Waals surface area contributed by atoms with Crippen molar-refractivity contribution in [3.05, 3.63) is 41.2 Å². The Balaban J connectivity index is 1.60. The summed E-state index contributed by atoms with van der Waals surface area (Å²) in [6.45, 7) is 1.15. The molecule has 0 radical (unpaired) electrons. The number of anilines is 3. The lowest BCUT2D eigenvalue weighted by atomic mass is 9.64. The highest BCUT2D eigenvalue weighted by Gasteiger charge is 2.57. The van der Waals surface area contributed by atoms with E-state index in [9.17, 15) is 19.6 Å². The second-order valence-electron chi connectivity index (χ2n) is 9.10. The van der Waals surface area contributed by atoms with E-state index in [4.69, 9.17) is 4.74 Å². The molecule has 3 N–H and O–H groups in total. The molecule has 36 heavy (non-hydrogen) atoms. The Labute approximate surface area is 208 Å². The van der Waals surface area contributed by atoms with Crippen molar-refractivity contribution < 1.29 is 19.1 Å². The van der Waals surface area contributed by atoms with Crippen LogP contribution in [0.4, 0.5) is 22.1 Å². The van der Waals surface area contributed by atoms with Crippen LogP contribution in [0.5, 0.6) is 0 Å². The largest absolute Gasteiger partial charge is 0.383 e. The van der Waals surface area contributed by atoms with Crippen LogP contribution in [0.1, 0.15) is 34.5 Å². The predicted molar refractivity (Wildman–Crippen MR) is 132 cm³/mol. The van der Waals surface area contributed by atoms with Gasteiger partial charge in [-0.25, -0.2) is 14.8 Å². The van der Waals surface area contributed by atoms with Gasteiger partial charge in [0.05, 0.1) is 29.9 Å². The number of carbonyl (C=O) groups is 3. The second kappa shape index (κ2) is 10.3. The van der Waals surface area contributed by atoms with Crippen molar-refractivity contribution >= 4 is 35.5 Å². The van der Waals surface area contributed by atoms with E-state index in [0.717, 1.165) is 0 Å². The normalized spacial score (nSPS) is 19.5. The summed E-state index contributed by atoms with van der Waals surface area (Å²) in [5, 5.41) is 18.3. The smallest absolute Gasteiger partial charge is 0.328 e. The van der Waals surface area contributed by atoms with E-state index in [0.29, 0.717) is 54.9 Å². The summed E-state index contributed by atoms with van der Waals surface area (Å²) < 4.78 is 5.03. The van der Waals surface area contributed by atoms with Gasteiger partial charge in [0.15, 0.2) is 6.29 Å². The van der Waals surface area contributed by atoms with E-state index in [1.54, 1.807) is 30.2 Å².